The molecule has 1 aliphatic heterocycles. The minimum absolute atomic E-state index is 0.0681. The summed E-state index contributed by atoms with van der Waals surface area (Å²) in [5, 5.41) is 11.3. The van der Waals surface area contributed by atoms with E-state index in [1.54, 1.807) is 6.07 Å². The molecule has 2 rings (SSSR count). The Kier molecular flexibility index (Phi) is 6.21. The number of piperidine rings is 1. The van der Waals surface area contributed by atoms with Crippen LogP contribution in [0.5, 0.6) is 5.75 Å². The van der Waals surface area contributed by atoms with Crippen molar-refractivity contribution in [1.29, 1.82) is 0 Å². The van der Waals surface area contributed by atoms with Gasteiger partial charge in [-0.15, -0.1) is 0 Å². The Morgan fingerprint density at radius 3 is 2.46 bits per heavy atom. The summed E-state index contributed by atoms with van der Waals surface area (Å²) in [5.41, 5.74) is 2.26. The van der Waals surface area contributed by atoms with Crippen molar-refractivity contribution in [1.82, 2.24) is 4.90 Å². The van der Waals surface area contributed by atoms with Crippen LogP contribution in [0.1, 0.15) is 57.6 Å². The van der Waals surface area contributed by atoms with Crippen molar-refractivity contribution in [2.24, 2.45) is 0 Å². The van der Waals surface area contributed by atoms with Gasteiger partial charge >= 0.3 is 5.69 Å². The fourth-order valence-electron chi connectivity index (χ4n) is 3.47. The van der Waals surface area contributed by atoms with Crippen LogP contribution < -0.4 is 4.74 Å². The lowest BCUT2D eigenvalue weighted by atomic mass is 9.86. The predicted molar refractivity (Wildman–Crippen MR) is 96.6 cm³/mol. The van der Waals surface area contributed by atoms with Gasteiger partial charge < -0.3 is 9.64 Å². The monoisotopic (exact) mass is 333 g/mol. The molecule has 133 valence electrons. The lowest BCUT2D eigenvalue weighted by molar-refractivity contribution is -0.386. The highest BCUT2D eigenvalue weighted by Crippen LogP contribution is 2.37. The Balaban J connectivity index is 2.20. The number of likely N-dealkylation sites (tertiary alicyclic amines) is 1. The zero-order valence-corrected chi connectivity index (χ0v) is 15.5. The molecule has 0 bridgehead atoms. The van der Waals surface area contributed by atoms with E-state index >= 15 is 0 Å². The highest BCUT2D eigenvalue weighted by atomic mass is 16.6. The van der Waals surface area contributed by atoms with E-state index in [9.17, 15) is 10.1 Å². The van der Waals surface area contributed by atoms with Crippen LogP contribution in [-0.2, 0) is 0 Å². The average Bonchev–Trinajstić information content (AvgIpc) is 2.48. The van der Waals surface area contributed by atoms with Crippen molar-refractivity contribution >= 4 is 5.69 Å². The molecule has 1 aliphatic rings. The minimum atomic E-state index is -0.350. The Hall–Kier alpha value is -1.62. The van der Waals surface area contributed by atoms with Crippen LogP contribution in [0.25, 0.3) is 0 Å². The summed E-state index contributed by atoms with van der Waals surface area (Å²) in [7, 11) is 0. The van der Waals surface area contributed by atoms with Crippen LogP contribution in [0.15, 0.2) is 12.1 Å². The maximum atomic E-state index is 11.3. The standard InChI is InChI=1S/C19H29N2O3/c1-13(2)12-20-8-6-16(7-9-20)17-11-19(24-14(3)4)18(21(22)23)10-15(17)5/h10-11,14,16H,6-9,12H2,1-5H3. The van der Waals surface area contributed by atoms with Crippen molar-refractivity contribution in [3.8, 4) is 5.75 Å². The normalized spacial score (nSPS) is 16.8. The maximum absolute atomic E-state index is 11.3. The highest BCUT2D eigenvalue weighted by molar-refractivity contribution is 5.53. The van der Waals surface area contributed by atoms with Crippen molar-refractivity contribution in [3.63, 3.8) is 0 Å². The molecule has 0 amide bonds. The van der Waals surface area contributed by atoms with Crippen LogP contribution in [0.3, 0.4) is 0 Å². The van der Waals surface area contributed by atoms with Crippen LogP contribution in [0.4, 0.5) is 5.69 Å². The molecule has 1 radical (unpaired) electrons. The quantitative estimate of drug-likeness (QED) is 0.569. The van der Waals surface area contributed by atoms with Gasteiger partial charge in [0.25, 0.3) is 0 Å². The van der Waals surface area contributed by atoms with Gasteiger partial charge in [-0.25, -0.2) is 0 Å². The third-order valence-electron chi connectivity index (χ3n) is 4.47. The number of hydrogen-bond acceptors (Lipinski definition) is 4. The van der Waals surface area contributed by atoms with Gasteiger partial charge in [-0.1, -0.05) is 13.8 Å². The van der Waals surface area contributed by atoms with E-state index in [4.69, 9.17) is 4.74 Å². The first-order chi connectivity index (χ1) is 11.3. The first-order valence-corrected chi connectivity index (χ1v) is 8.75. The van der Waals surface area contributed by atoms with E-state index in [1.807, 2.05) is 26.8 Å². The molecule has 1 heterocycles. The van der Waals surface area contributed by atoms with Gasteiger partial charge in [-0.3, -0.25) is 10.1 Å². The molecule has 1 aromatic rings. The summed E-state index contributed by atoms with van der Waals surface area (Å²) in [6.45, 7) is 13.3. The third-order valence-corrected chi connectivity index (χ3v) is 4.47. The van der Waals surface area contributed by atoms with E-state index in [0.29, 0.717) is 11.7 Å². The molecule has 0 unspecified atom stereocenters. The molecule has 0 aliphatic carbocycles. The number of hydrogen-bond donors (Lipinski definition) is 0. The maximum Gasteiger partial charge on any atom is 0.311 e. The van der Waals surface area contributed by atoms with Crippen LogP contribution in [-0.4, -0.2) is 35.6 Å². The largest absolute Gasteiger partial charge is 0.484 e. The van der Waals surface area contributed by atoms with Crippen LogP contribution in [0.2, 0.25) is 0 Å². The van der Waals surface area contributed by atoms with Crippen LogP contribution in [0, 0.1) is 23.0 Å². The highest BCUT2D eigenvalue weighted by Gasteiger charge is 2.26. The molecular formula is C19H29N2O3. The number of nitro groups is 1. The topological polar surface area (TPSA) is 55.6 Å². The summed E-state index contributed by atoms with van der Waals surface area (Å²) in [4.78, 5) is 13.4. The molecule has 0 spiro atoms. The molecule has 0 saturated carbocycles. The Morgan fingerprint density at radius 2 is 1.96 bits per heavy atom. The van der Waals surface area contributed by atoms with Gasteiger partial charge in [0.05, 0.1) is 11.0 Å². The summed E-state index contributed by atoms with van der Waals surface area (Å²) in [5.74, 6) is 2.29. The first-order valence-electron chi connectivity index (χ1n) is 8.75. The summed E-state index contributed by atoms with van der Waals surface area (Å²) >= 11 is 0. The predicted octanol–water partition coefficient (Wildman–Crippen LogP) is 4.48. The zero-order chi connectivity index (χ0) is 17.9. The number of nitrogens with zero attached hydrogens (tertiary/aromatic N) is 2. The second kappa shape index (κ2) is 7.97. The van der Waals surface area contributed by atoms with Gasteiger partial charge in [0.2, 0.25) is 0 Å². The second-order valence-electron chi connectivity index (χ2n) is 7.36. The molecule has 1 fully saturated rings. The number of ether oxygens (including phenoxy) is 1. The van der Waals surface area contributed by atoms with Crippen molar-refractivity contribution in [2.45, 2.75) is 59.5 Å². The smallest absolute Gasteiger partial charge is 0.311 e. The molecule has 0 aromatic heterocycles. The molecule has 5 heteroatoms. The molecule has 1 aromatic carbocycles. The van der Waals surface area contributed by atoms with E-state index in [2.05, 4.69) is 18.7 Å². The van der Waals surface area contributed by atoms with Gasteiger partial charge in [-0.2, -0.15) is 0 Å². The summed E-state index contributed by atoms with van der Waals surface area (Å²) < 4.78 is 5.71. The minimum Gasteiger partial charge on any atom is -0.484 e. The van der Waals surface area contributed by atoms with Crippen molar-refractivity contribution < 1.29 is 9.66 Å². The van der Waals surface area contributed by atoms with Crippen LogP contribution >= 0.6 is 0 Å². The number of nitro benzene ring substituents is 1. The lowest BCUT2D eigenvalue weighted by Gasteiger charge is -2.33. The average molecular weight is 333 g/mol. The Bertz CT molecular complexity index is 576. The first kappa shape index (κ1) is 18.7. The lowest BCUT2D eigenvalue weighted by Crippen LogP contribution is -2.35. The van der Waals surface area contributed by atoms with Gasteiger partial charge in [0.1, 0.15) is 0 Å². The van der Waals surface area contributed by atoms with E-state index in [1.165, 1.54) is 11.5 Å². The molecule has 0 atom stereocenters. The zero-order valence-electron chi connectivity index (χ0n) is 15.5. The third kappa shape index (κ3) is 4.69. The number of benzene rings is 1. The van der Waals surface area contributed by atoms with Crippen molar-refractivity contribution in [2.75, 3.05) is 19.6 Å². The molecular weight excluding hydrogens is 304 g/mol. The molecule has 24 heavy (non-hydrogen) atoms. The van der Waals surface area contributed by atoms with E-state index < -0.39 is 0 Å². The molecule has 5 nitrogen and oxygen atoms in total. The Labute approximate surface area is 145 Å². The second-order valence-corrected chi connectivity index (χ2v) is 7.36. The van der Waals surface area contributed by atoms with Gasteiger partial charge in [-0.05, 0) is 75.7 Å². The number of aryl methyl sites for hydroxylation is 1. The fourth-order valence-corrected chi connectivity index (χ4v) is 3.47. The summed E-state index contributed by atoms with van der Waals surface area (Å²) in [6, 6.07) is 3.58. The van der Waals surface area contributed by atoms with E-state index in [0.717, 1.165) is 38.0 Å². The number of rotatable bonds is 6. The SMILES string of the molecule is C[C](C)CN1CCC(c2cc(OC(C)C)c([N+](=O)[O-])cc2C)CC1. The van der Waals surface area contributed by atoms with Gasteiger partial charge in [0, 0.05) is 12.6 Å². The van der Waals surface area contributed by atoms with Crippen molar-refractivity contribution in [3.05, 3.63) is 39.3 Å². The fraction of sp³-hybridized carbons (Fsp3) is 0.632. The Morgan fingerprint density at radius 1 is 1.33 bits per heavy atom. The van der Waals surface area contributed by atoms with Gasteiger partial charge in [0.15, 0.2) is 5.75 Å². The molecule has 1 saturated heterocycles. The summed E-state index contributed by atoms with van der Waals surface area (Å²) in [6.07, 6.45) is 2.10. The molecule has 0 N–H and O–H groups in total. The van der Waals surface area contributed by atoms with E-state index in [-0.39, 0.29) is 16.7 Å².